The van der Waals surface area contributed by atoms with Gasteiger partial charge in [-0.3, -0.25) is 9.78 Å². The number of benzene rings is 1. The van der Waals surface area contributed by atoms with Crippen molar-refractivity contribution in [3.8, 4) is 17.2 Å². The fourth-order valence-corrected chi connectivity index (χ4v) is 3.87. The number of fused-ring (bicyclic) bond motifs is 1. The normalized spacial score (nSPS) is 17.9. The third kappa shape index (κ3) is 3.99. The van der Waals surface area contributed by atoms with Crippen LogP contribution in [-0.4, -0.2) is 36.1 Å². The SMILES string of the molecule is CC(F)Oc1ccc(C(=O)Cc2c(Cl)cncc2Cl)c2c1OC1(CCOCC1)O2. The Hall–Kier alpha value is -2.09. The minimum absolute atomic E-state index is 0.0498. The molecule has 2 aliphatic rings. The van der Waals surface area contributed by atoms with Crippen molar-refractivity contribution >= 4 is 29.0 Å². The summed E-state index contributed by atoms with van der Waals surface area (Å²) >= 11 is 12.3. The van der Waals surface area contributed by atoms with Gasteiger partial charge in [-0.2, -0.15) is 0 Å². The summed E-state index contributed by atoms with van der Waals surface area (Å²) in [4.78, 5) is 17.0. The number of hydrogen-bond donors (Lipinski definition) is 0. The predicted octanol–water partition coefficient (Wildman–Crippen LogP) is 4.79. The monoisotopic (exact) mass is 441 g/mol. The van der Waals surface area contributed by atoms with E-state index in [1.807, 2.05) is 0 Å². The van der Waals surface area contributed by atoms with E-state index in [-0.39, 0.29) is 35.0 Å². The number of nitrogens with zero attached hydrogens (tertiary/aromatic N) is 1. The van der Waals surface area contributed by atoms with Crippen LogP contribution in [0.3, 0.4) is 0 Å². The smallest absolute Gasteiger partial charge is 0.256 e. The molecule has 1 saturated heterocycles. The quantitative estimate of drug-likeness (QED) is 0.621. The molecule has 1 unspecified atom stereocenters. The second-order valence-electron chi connectivity index (χ2n) is 6.84. The first-order valence-electron chi connectivity index (χ1n) is 9.13. The number of rotatable bonds is 5. The highest BCUT2D eigenvalue weighted by molar-refractivity contribution is 6.36. The van der Waals surface area contributed by atoms with Gasteiger partial charge in [0, 0.05) is 44.1 Å². The molecule has 9 heteroatoms. The molecule has 6 nitrogen and oxygen atoms in total. The fourth-order valence-electron chi connectivity index (χ4n) is 3.37. The number of aromatic nitrogens is 1. The number of ketones is 1. The van der Waals surface area contributed by atoms with Gasteiger partial charge in [0.2, 0.25) is 12.1 Å². The molecule has 0 saturated carbocycles. The first kappa shape index (κ1) is 20.2. The van der Waals surface area contributed by atoms with Crippen molar-refractivity contribution in [2.75, 3.05) is 13.2 Å². The van der Waals surface area contributed by atoms with Crippen LogP contribution in [0, 0.1) is 0 Å². The summed E-state index contributed by atoms with van der Waals surface area (Å²) < 4.78 is 36.2. The van der Waals surface area contributed by atoms with Gasteiger partial charge in [0.15, 0.2) is 17.3 Å². The van der Waals surface area contributed by atoms with Crippen LogP contribution in [0.5, 0.6) is 17.2 Å². The number of carbonyl (C=O) groups is 1. The maximum absolute atomic E-state index is 13.5. The summed E-state index contributed by atoms with van der Waals surface area (Å²) in [6.07, 6.45) is 2.20. The summed E-state index contributed by atoms with van der Waals surface area (Å²) in [7, 11) is 0. The lowest BCUT2D eigenvalue weighted by molar-refractivity contribution is -0.144. The van der Waals surface area contributed by atoms with Crippen molar-refractivity contribution in [2.45, 2.75) is 38.3 Å². The molecular weight excluding hydrogens is 424 g/mol. The minimum Gasteiger partial charge on any atom is -0.457 e. The minimum atomic E-state index is -1.55. The van der Waals surface area contributed by atoms with E-state index in [4.69, 9.17) is 42.1 Å². The first-order valence-corrected chi connectivity index (χ1v) is 9.89. The Balaban J connectivity index is 1.70. The van der Waals surface area contributed by atoms with Gasteiger partial charge in [-0.05, 0) is 12.1 Å². The molecular formula is C20H18Cl2FNO5. The maximum Gasteiger partial charge on any atom is 0.256 e. The number of ether oxygens (including phenoxy) is 4. The van der Waals surface area contributed by atoms with E-state index in [9.17, 15) is 9.18 Å². The molecule has 29 heavy (non-hydrogen) atoms. The van der Waals surface area contributed by atoms with Crippen LogP contribution in [0.25, 0.3) is 0 Å². The van der Waals surface area contributed by atoms with Crippen LogP contribution in [0.1, 0.15) is 35.7 Å². The summed E-state index contributed by atoms with van der Waals surface area (Å²) in [5, 5.41) is 0.596. The third-order valence-electron chi connectivity index (χ3n) is 4.79. The second kappa shape index (κ2) is 7.97. The summed E-state index contributed by atoms with van der Waals surface area (Å²) in [6.45, 7) is 2.17. The highest BCUT2D eigenvalue weighted by Crippen LogP contribution is 2.51. The average molecular weight is 442 g/mol. The van der Waals surface area contributed by atoms with E-state index in [0.29, 0.717) is 41.7 Å². The van der Waals surface area contributed by atoms with Crippen molar-refractivity contribution in [1.82, 2.24) is 4.98 Å². The molecule has 4 rings (SSSR count). The zero-order valence-corrected chi connectivity index (χ0v) is 17.1. The molecule has 154 valence electrons. The molecule has 1 atom stereocenters. The molecule has 1 aromatic carbocycles. The Morgan fingerprint density at radius 1 is 1.21 bits per heavy atom. The van der Waals surface area contributed by atoms with Gasteiger partial charge in [0.05, 0.1) is 28.8 Å². The molecule has 0 N–H and O–H groups in total. The van der Waals surface area contributed by atoms with Gasteiger partial charge in [-0.15, -0.1) is 0 Å². The topological polar surface area (TPSA) is 66.9 Å². The standard InChI is InChI=1S/C20H18Cl2FNO5/c1-11(23)27-17-3-2-12(16(25)8-13-14(21)9-24-10-15(13)22)18-19(17)29-20(28-18)4-6-26-7-5-20/h2-3,9-11H,4-8H2,1H3. The molecule has 0 radical (unpaired) electrons. The second-order valence-corrected chi connectivity index (χ2v) is 7.65. The van der Waals surface area contributed by atoms with Crippen LogP contribution in [0.2, 0.25) is 10.0 Å². The predicted molar refractivity (Wildman–Crippen MR) is 104 cm³/mol. The van der Waals surface area contributed by atoms with Crippen LogP contribution >= 0.6 is 23.2 Å². The Morgan fingerprint density at radius 2 is 1.86 bits per heavy atom. The van der Waals surface area contributed by atoms with Gasteiger partial charge < -0.3 is 18.9 Å². The van der Waals surface area contributed by atoms with Gasteiger partial charge in [0.25, 0.3) is 5.79 Å². The van der Waals surface area contributed by atoms with Crippen molar-refractivity contribution in [3.05, 3.63) is 45.7 Å². The maximum atomic E-state index is 13.5. The molecule has 3 heterocycles. The Bertz CT molecular complexity index is 926. The lowest BCUT2D eigenvalue weighted by Crippen LogP contribution is -2.44. The lowest BCUT2D eigenvalue weighted by atomic mass is 10.0. The number of halogens is 3. The molecule has 0 amide bonds. The van der Waals surface area contributed by atoms with Crippen molar-refractivity contribution in [3.63, 3.8) is 0 Å². The summed E-state index contributed by atoms with van der Waals surface area (Å²) in [6, 6.07) is 3.03. The van der Waals surface area contributed by atoms with Crippen molar-refractivity contribution < 1.29 is 28.1 Å². The molecule has 1 aromatic heterocycles. The van der Waals surface area contributed by atoms with Crippen LogP contribution in [0.15, 0.2) is 24.5 Å². The largest absolute Gasteiger partial charge is 0.457 e. The third-order valence-corrected chi connectivity index (χ3v) is 5.44. The highest BCUT2D eigenvalue weighted by Gasteiger charge is 2.46. The first-order chi connectivity index (χ1) is 13.9. The van der Waals surface area contributed by atoms with Gasteiger partial charge >= 0.3 is 0 Å². The van der Waals surface area contributed by atoms with E-state index in [0.717, 1.165) is 0 Å². The Labute approximate surface area is 176 Å². The molecule has 1 spiro atoms. The van der Waals surface area contributed by atoms with Gasteiger partial charge in [-0.25, -0.2) is 4.39 Å². The van der Waals surface area contributed by atoms with Crippen molar-refractivity contribution in [1.29, 1.82) is 0 Å². The average Bonchev–Trinajstić information content (AvgIpc) is 3.04. The molecule has 2 aromatic rings. The van der Waals surface area contributed by atoms with Crippen LogP contribution in [-0.2, 0) is 11.2 Å². The van der Waals surface area contributed by atoms with Crippen molar-refractivity contribution in [2.24, 2.45) is 0 Å². The van der Waals surface area contributed by atoms with E-state index in [1.54, 1.807) is 0 Å². The fraction of sp³-hybridized carbons (Fsp3) is 0.400. The van der Waals surface area contributed by atoms with E-state index in [1.165, 1.54) is 31.5 Å². The zero-order chi connectivity index (χ0) is 20.6. The zero-order valence-electron chi connectivity index (χ0n) is 15.5. The Morgan fingerprint density at radius 3 is 2.52 bits per heavy atom. The number of alkyl halides is 1. The van der Waals surface area contributed by atoms with E-state index in [2.05, 4.69) is 4.98 Å². The van der Waals surface area contributed by atoms with E-state index < -0.39 is 12.1 Å². The number of carbonyl (C=O) groups excluding carboxylic acids is 1. The Kier molecular flexibility index (Phi) is 5.55. The molecule has 0 aliphatic carbocycles. The van der Waals surface area contributed by atoms with E-state index >= 15 is 0 Å². The van der Waals surface area contributed by atoms with Gasteiger partial charge in [0.1, 0.15) is 0 Å². The lowest BCUT2D eigenvalue weighted by Gasteiger charge is -2.31. The van der Waals surface area contributed by atoms with Crippen LogP contribution in [0.4, 0.5) is 4.39 Å². The number of pyridine rings is 1. The molecule has 0 bridgehead atoms. The number of Topliss-reactive ketones (excluding diaryl/α,β-unsaturated/α-hetero) is 1. The van der Waals surface area contributed by atoms with Crippen LogP contribution < -0.4 is 14.2 Å². The van der Waals surface area contributed by atoms with Gasteiger partial charge in [-0.1, -0.05) is 23.2 Å². The molecule has 1 fully saturated rings. The number of hydrogen-bond acceptors (Lipinski definition) is 6. The summed E-state index contributed by atoms with van der Waals surface area (Å²) in [5.41, 5.74) is 0.755. The highest BCUT2D eigenvalue weighted by atomic mass is 35.5. The summed E-state index contributed by atoms with van der Waals surface area (Å²) in [5.74, 6) is -0.607. The molecule has 2 aliphatic heterocycles.